The van der Waals surface area contributed by atoms with Gasteiger partial charge in [-0.1, -0.05) is 30.3 Å². The van der Waals surface area contributed by atoms with Crippen LogP contribution in [0, 0.1) is 0 Å². The summed E-state index contributed by atoms with van der Waals surface area (Å²) in [6.07, 6.45) is 0.413. The molecule has 0 aromatic heterocycles. The van der Waals surface area contributed by atoms with E-state index in [0.717, 1.165) is 5.56 Å². The number of hydrogen-bond donors (Lipinski definition) is 2. The van der Waals surface area contributed by atoms with Gasteiger partial charge in [0.2, 0.25) is 12.7 Å². The van der Waals surface area contributed by atoms with Gasteiger partial charge in [0.15, 0.2) is 11.5 Å². The third-order valence-corrected chi connectivity index (χ3v) is 3.79. The first kappa shape index (κ1) is 15.9. The normalized spacial score (nSPS) is 13.2. The van der Waals surface area contributed by atoms with Crippen molar-refractivity contribution >= 4 is 11.8 Å². The van der Waals surface area contributed by atoms with E-state index >= 15 is 0 Å². The number of likely N-dealkylation sites (N-methyl/N-ethyl adjacent to an activating group) is 1. The fraction of sp³-hybridized carbons (Fsp3) is 0.222. The Morgan fingerprint density at radius 3 is 2.58 bits per heavy atom. The van der Waals surface area contributed by atoms with Crippen LogP contribution in [0.25, 0.3) is 0 Å². The number of rotatable bonds is 5. The molecule has 3 rings (SSSR count). The maximum atomic E-state index is 12.5. The highest BCUT2D eigenvalue weighted by molar-refractivity contribution is 5.98. The zero-order valence-electron chi connectivity index (χ0n) is 13.2. The van der Waals surface area contributed by atoms with Crippen molar-refractivity contribution < 1.29 is 19.1 Å². The summed E-state index contributed by atoms with van der Waals surface area (Å²) in [4.78, 5) is 24.6. The minimum atomic E-state index is -0.657. The molecule has 6 nitrogen and oxygen atoms in total. The molecule has 1 heterocycles. The number of fused-ring (bicyclic) bond motifs is 1. The number of carbonyl (C=O) groups is 2. The maximum Gasteiger partial charge on any atom is 0.252 e. The third-order valence-electron chi connectivity index (χ3n) is 3.79. The van der Waals surface area contributed by atoms with Crippen LogP contribution in [0.4, 0.5) is 0 Å². The van der Waals surface area contributed by atoms with Crippen molar-refractivity contribution in [1.29, 1.82) is 0 Å². The fourth-order valence-corrected chi connectivity index (χ4v) is 2.51. The standard InChI is InChI=1S/C18H18N2O4/c1-19-18(22)14(9-12-5-3-2-4-6-12)20-17(21)13-7-8-15-16(10-13)24-11-23-15/h2-8,10,14H,9,11H2,1H3,(H,19,22)(H,20,21)/t14-/m0/s1. The van der Waals surface area contributed by atoms with E-state index in [-0.39, 0.29) is 18.6 Å². The Hall–Kier alpha value is -3.02. The molecule has 24 heavy (non-hydrogen) atoms. The molecule has 0 spiro atoms. The van der Waals surface area contributed by atoms with E-state index in [1.807, 2.05) is 30.3 Å². The molecule has 0 unspecified atom stereocenters. The van der Waals surface area contributed by atoms with Gasteiger partial charge in [0, 0.05) is 19.0 Å². The first-order chi connectivity index (χ1) is 11.7. The van der Waals surface area contributed by atoms with Crippen LogP contribution in [0.15, 0.2) is 48.5 Å². The smallest absolute Gasteiger partial charge is 0.252 e. The van der Waals surface area contributed by atoms with Crippen molar-refractivity contribution in [3.8, 4) is 11.5 Å². The fourth-order valence-electron chi connectivity index (χ4n) is 2.51. The average Bonchev–Trinajstić information content (AvgIpc) is 3.09. The molecule has 1 aliphatic heterocycles. The monoisotopic (exact) mass is 326 g/mol. The lowest BCUT2D eigenvalue weighted by Crippen LogP contribution is -2.47. The molecule has 124 valence electrons. The van der Waals surface area contributed by atoms with Crippen molar-refractivity contribution in [1.82, 2.24) is 10.6 Å². The lowest BCUT2D eigenvalue weighted by molar-refractivity contribution is -0.122. The summed E-state index contributed by atoms with van der Waals surface area (Å²) in [5.74, 6) is 0.562. The number of nitrogens with one attached hydrogen (secondary N) is 2. The summed E-state index contributed by atoms with van der Waals surface area (Å²) in [5, 5.41) is 5.36. The van der Waals surface area contributed by atoms with Crippen LogP contribution in [-0.2, 0) is 11.2 Å². The van der Waals surface area contributed by atoms with Gasteiger partial charge in [0.05, 0.1) is 0 Å². The van der Waals surface area contributed by atoms with E-state index in [4.69, 9.17) is 9.47 Å². The van der Waals surface area contributed by atoms with E-state index in [0.29, 0.717) is 23.5 Å². The Morgan fingerprint density at radius 1 is 1.08 bits per heavy atom. The van der Waals surface area contributed by atoms with Crippen molar-refractivity contribution in [2.75, 3.05) is 13.8 Å². The van der Waals surface area contributed by atoms with Gasteiger partial charge in [-0.15, -0.1) is 0 Å². The lowest BCUT2D eigenvalue weighted by atomic mass is 10.0. The quantitative estimate of drug-likeness (QED) is 0.873. The van der Waals surface area contributed by atoms with Crippen molar-refractivity contribution in [3.63, 3.8) is 0 Å². The van der Waals surface area contributed by atoms with Gasteiger partial charge in [-0.3, -0.25) is 9.59 Å². The highest BCUT2D eigenvalue weighted by Crippen LogP contribution is 2.32. The van der Waals surface area contributed by atoms with Crippen LogP contribution in [0.3, 0.4) is 0 Å². The Kier molecular flexibility index (Phi) is 4.65. The zero-order chi connectivity index (χ0) is 16.9. The molecule has 1 atom stereocenters. The third kappa shape index (κ3) is 3.48. The first-order valence-electron chi connectivity index (χ1n) is 7.63. The van der Waals surface area contributed by atoms with Crippen LogP contribution in [-0.4, -0.2) is 31.7 Å². The Labute approximate surface area is 139 Å². The topological polar surface area (TPSA) is 76.7 Å². The molecule has 1 aliphatic rings. The number of hydrogen-bond acceptors (Lipinski definition) is 4. The van der Waals surface area contributed by atoms with Crippen molar-refractivity contribution in [3.05, 3.63) is 59.7 Å². The van der Waals surface area contributed by atoms with Crippen molar-refractivity contribution in [2.45, 2.75) is 12.5 Å². The molecule has 2 aromatic rings. The molecule has 0 fully saturated rings. The number of benzene rings is 2. The molecular formula is C18H18N2O4. The van der Waals surface area contributed by atoms with Gasteiger partial charge in [0.25, 0.3) is 5.91 Å². The number of amides is 2. The predicted molar refractivity (Wildman–Crippen MR) is 88.0 cm³/mol. The molecule has 0 radical (unpaired) electrons. The lowest BCUT2D eigenvalue weighted by Gasteiger charge is -2.17. The number of carbonyl (C=O) groups excluding carboxylic acids is 2. The van der Waals surface area contributed by atoms with Gasteiger partial charge >= 0.3 is 0 Å². The zero-order valence-corrected chi connectivity index (χ0v) is 13.2. The number of ether oxygens (including phenoxy) is 2. The summed E-state index contributed by atoms with van der Waals surface area (Å²) in [5.41, 5.74) is 1.39. The summed E-state index contributed by atoms with van der Waals surface area (Å²) < 4.78 is 10.5. The van der Waals surface area contributed by atoms with Gasteiger partial charge in [-0.2, -0.15) is 0 Å². The van der Waals surface area contributed by atoms with Gasteiger partial charge < -0.3 is 20.1 Å². The molecule has 2 N–H and O–H groups in total. The second-order valence-corrected chi connectivity index (χ2v) is 5.40. The summed E-state index contributed by atoms with van der Waals surface area (Å²) in [6, 6.07) is 13.8. The Bertz CT molecular complexity index is 746. The Morgan fingerprint density at radius 2 is 1.83 bits per heavy atom. The van der Waals surface area contributed by atoms with Crippen LogP contribution in [0.1, 0.15) is 15.9 Å². The largest absolute Gasteiger partial charge is 0.454 e. The molecule has 6 heteroatoms. The van der Waals surface area contributed by atoms with E-state index in [2.05, 4.69) is 10.6 Å². The van der Waals surface area contributed by atoms with Crippen LogP contribution < -0.4 is 20.1 Å². The minimum Gasteiger partial charge on any atom is -0.454 e. The highest BCUT2D eigenvalue weighted by Gasteiger charge is 2.22. The maximum absolute atomic E-state index is 12.5. The van der Waals surface area contributed by atoms with E-state index in [1.165, 1.54) is 0 Å². The molecule has 0 saturated heterocycles. The first-order valence-corrected chi connectivity index (χ1v) is 7.63. The van der Waals surface area contributed by atoms with Crippen LogP contribution in [0.5, 0.6) is 11.5 Å². The molecule has 2 amide bonds. The van der Waals surface area contributed by atoms with E-state index in [9.17, 15) is 9.59 Å². The molecule has 0 aliphatic carbocycles. The van der Waals surface area contributed by atoms with E-state index in [1.54, 1.807) is 25.2 Å². The molecule has 0 saturated carbocycles. The van der Waals surface area contributed by atoms with Gasteiger partial charge in [-0.05, 0) is 23.8 Å². The summed E-state index contributed by atoms with van der Waals surface area (Å²) in [7, 11) is 1.55. The van der Waals surface area contributed by atoms with Crippen LogP contribution >= 0.6 is 0 Å². The predicted octanol–water partition coefficient (Wildman–Crippen LogP) is 1.50. The second-order valence-electron chi connectivity index (χ2n) is 5.40. The van der Waals surface area contributed by atoms with Gasteiger partial charge in [-0.25, -0.2) is 0 Å². The molecule has 0 bridgehead atoms. The average molecular weight is 326 g/mol. The van der Waals surface area contributed by atoms with E-state index < -0.39 is 6.04 Å². The highest BCUT2D eigenvalue weighted by atomic mass is 16.7. The van der Waals surface area contributed by atoms with Gasteiger partial charge in [0.1, 0.15) is 6.04 Å². The second kappa shape index (κ2) is 7.04. The molecule has 2 aromatic carbocycles. The minimum absolute atomic E-state index is 0.148. The summed E-state index contributed by atoms with van der Waals surface area (Å²) in [6.45, 7) is 0.148. The van der Waals surface area contributed by atoms with Crippen molar-refractivity contribution in [2.24, 2.45) is 0 Å². The summed E-state index contributed by atoms with van der Waals surface area (Å²) >= 11 is 0. The van der Waals surface area contributed by atoms with Crippen LogP contribution in [0.2, 0.25) is 0 Å². The SMILES string of the molecule is CNC(=O)[C@H](Cc1ccccc1)NC(=O)c1ccc2c(c1)OCO2. The Balaban J connectivity index is 1.74. The molecular weight excluding hydrogens is 308 g/mol.